The molecule has 1 fully saturated rings. The van der Waals surface area contributed by atoms with Crippen LogP contribution >= 0.6 is 0 Å². The molecule has 0 saturated carbocycles. The van der Waals surface area contributed by atoms with Crippen molar-refractivity contribution >= 4 is 0 Å². The lowest BCUT2D eigenvalue weighted by molar-refractivity contribution is 0.305. The van der Waals surface area contributed by atoms with E-state index in [1.54, 1.807) is 12.4 Å². The van der Waals surface area contributed by atoms with Crippen molar-refractivity contribution in [3.63, 3.8) is 0 Å². The minimum absolute atomic E-state index is 0.468. The predicted molar refractivity (Wildman–Crippen MR) is 92.0 cm³/mol. The average Bonchev–Trinajstić information content (AvgIpc) is 3.29. The number of likely N-dealkylation sites (tertiary alicyclic amines) is 1. The first kappa shape index (κ1) is 15.1. The molecule has 3 aromatic rings. The van der Waals surface area contributed by atoms with Gasteiger partial charge in [-0.3, -0.25) is 14.1 Å². The molecule has 4 rings (SSSR count). The number of nitrogens with zero attached hydrogens (tertiary/aromatic N) is 6. The number of hydrogen-bond acceptors (Lipinski definition) is 4. The maximum atomic E-state index is 4.65. The van der Waals surface area contributed by atoms with Crippen molar-refractivity contribution < 1.29 is 0 Å². The first-order valence-electron chi connectivity index (χ1n) is 8.39. The monoisotopic (exact) mass is 322 g/mol. The minimum Gasteiger partial charge on any atom is -0.295 e. The molecular weight excluding hydrogens is 300 g/mol. The van der Waals surface area contributed by atoms with E-state index in [9.17, 15) is 0 Å². The maximum absolute atomic E-state index is 4.65. The van der Waals surface area contributed by atoms with Crippen LogP contribution in [-0.2, 0) is 6.54 Å². The van der Waals surface area contributed by atoms with Gasteiger partial charge in [-0.1, -0.05) is 0 Å². The van der Waals surface area contributed by atoms with Crippen LogP contribution < -0.4 is 0 Å². The largest absolute Gasteiger partial charge is 0.295 e. The van der Waals surface area contributed by atoms with Crippen molar-refractivity contribution in [2.45, 2.75) is 32.9 Å². The summed E-state index contributed by atoms with van der Waals surface area (Å²) in [5.41, 5.74) is 3.57. The standard InChI is InChI=1S/C18H22N6/c1-14-11-15(2)24(21-14)17-6-10-22(13-17)12-16-5-3-9-23(16)18-19-7-4-8-20-18/h3-5,7-9,11,17H,6,10,12-13H2,1-2H3/t17-/m0/s1. The highest BCUT2D eigenvalue weighted by molar-refractivity contribution is 5.20. The molecule has 1 atom stereocenters. The molecule has 0 radical (unpaired) electrons. The van der Waals surface area contributed by atoms with E-state index in [0.29, 0.717) is 6.04 Å². The highest BCUT2D eigenvalue weighted by Gasteiger charge is 2.26. The van der Waals surface area contributed by atoms with Crippen LogP contribution in [0.5, 0.6) is 0 Å². The van der Waals surface area contributed by atoms with Crippen molar-refractivity contribution in [2.24, 2.45) is 0 Å². The Kier molecular flexibility index (Phi) is 3.90. The zero-order valence-electron chi connectivity index (χ0n) is 14.1. The van der Waals surface area contributed by atoms with Crippen LogP contribution in [0.2, 0.25) is 0 Å². The number of aryl methyl sites for hydroxylation is 2. The fourth-order valence-electron chi connectivity index (χ4n) is 3.56. The van der Waals surface area contributed by atoms with Crippen molar-refractivity contribution in [1.82, 2.24) is 29.2 Å². The van der Waals surface area contributed by atoms with Crippen molar-refractivity contribution in [1.29, 1.82) is 0 Å². The summed E-state index contributed by atoms with van der Waals surface area (Å²) in [6.45, 7) is 7.22. The zero-order chi connectivity index (χ0) is 16.5. The van der Waals surface area contributed by atoms with Gasteiger partial charge in [-0.25, -0.2) is 9.97 Å². The summed E-state index contributed by atoms with van der Waals surface area (Å²) in [6.07, 6.45) is 6.73. The zero-order valence-corrected chi connectivity index (χ0v) is 14.1. The van der Waals surface area contributed by atoms with Crippen LogP contribution in [0, 0.1) is 13.8 Å². The third kappa shape index (κ3) is 2.85. The van der Waals surface area contributed by atoms with Crippen LogP contribution in [0.4, 0.5) is 0 Å². The molecule has 24 heavy (non-hydrogen) atoms. The Labute approximate surface area is 141 Å². The summed E-state index contributed by atoms with van der Waals surface area (Å²) in [6, 6.07) is 8.66. The van der Waals surface area contributed by atoms with E-state index in [2.05, 4.69) is 61.3 Å². The molecule has 0 unspecified atom stereocenters. The number of rotatable bonds is 4. The Morgan fingerprint density at radius 1 is 1.17 bits per heavy atom. The van der Waals surface area contributed by atoms with Gasteiger partial charge in [-0.05, 0) is 44.5 Å². The van der Waals surface area contributed by atoms with E-state index in [0.717, 1.165) is 37.7 Å². The number of hydrogen-bond donors (Lipinski definition) is 0. The van der Waals surface area contributed by atoms with E-state index in [-0.39, 0.29) is 0 Å². The molecule has 3 aromatic heterocycles. The molecule has 0 spiro atoms. The Balaban J connectivity index is 1.48. The Morgan fingerprint density at radius 3 is 2.75 bits per heavy atom. The molecule has 0 amide bonds. The molecule has 0 aromatic carbocycles. The predicted octanol–water partition coefficient (Wildman–Crippen LogP) is 2.53. The second kappa shape index (κ2) is 6.20. The first-order valence-corrected chi connectivity index (χ1v) is 8.39. The molecule has 6 heteroatoms. The molecule has 0 bridgehead atoms. The molecule has 1 aliphatic heterocycles. The van der Waals surface area contributed by atoms with Gasteiger partial charge in [0.1, 0.15) is 0 Å². The Morgan fingerprint density at radius 2 is 2.00 bits per heavy atom. The van der Waals surface area contributed by atoms with Crippen LogP contribution in [0.25, 0.3) is 5.95 Å². The Hall–Kier alpha value is -2.47. The van der Waals surface area contributed by atoms with Crippen molar-refractivity contribution in [3.8, 4) is 5.95 Å². The van der Waals surface area contributed by atoms with E-state index >= 15 is 0 Å². The van der Waals surface area contributed by atoms with Gasteiger partial charge in [0, 0.05) is 49.6 Å². The summed E-state index contributed by atoms with van der Waals surface area (Å²) >= 11 is 0. The molecule has 1 aliphatic rings. The summed E-state index contributed by atoms with van der Waals surface area (Å²) in [4.78, 5) is 11.2. The van der Waals surface area contributed by atoms with Gasteiger partial charge in [0.2, 0.25) is 5.95 Å². The highest BCUT2D eigenvalue weighted by atomic mass is 15.3. The molecule has 124 valence electrons. The summed E-state index contributed by atoms with van der Waals surface area (Å²) in [5, 5.41) is 4.65. The van der Waals surface area contributed by atoms with Crippen LogP contribution in [0.15, 0.2) is 42.9 Å². The van der Waals surface area contributed by atoms with Crippen LogP contribution in [0.1, 0.15) is 29.5 Å². The topological polar surface area (TPSA) is 51.8 Å². The maximum Gasteiger partial charge on any atom is 0.233 e. The lowest BCUT2D eigenvalue weighted by Gasteiger charge is -2.18. The lowest BCUT2D eigenvalue weighted by Crippen LogP contribution is -2.23. The van der Waals surface area contributed by atoms with Crippen LogP contribution in [0.3, 0.4) is 0 Å². The van der Waals surface area contributed by atoms with E-state index in [1.165, 1.54) is 11.4 Å². The van der Waals surface area contributed by atoms with E-state index in [1.807, 2.05) is 12.3 Å². The molecule has 6 nitrogen and oxygen atoms in total. The summed E-state index contributed by atoms with van der Waals surface area (Å²) < 4.78 is 4.26. The SMILES string of the molecule is Cc1cc(C)n([C@H]2CCN(Cc3cccn3-c3ncccn3)C2)n1. The van der Waals surface area contributed by atoms with Gasteiger partial charge in [-0.15, -0.1) is 0 Å². The Bertz CT molecular complexity index is 819. The van der Waals surface area contributed by atoms with Gasteiger partial charge < -0.3 is 0 Å². The van der Waals surface area contributed by atoms with Gasteiger partial charge in [0.25, 0.3) is 0 Å². The smallest absolute Gasteiger partial charge is 0.233 e. The van der Waals surface area contributed by atoms with Gasteiger partial charge in [-0.2, -0.15) is 5.10 Å². The molecule has 0 N–H and O–H groups in total. The fourth-order valence-corrected chi connectivity index (χ4v) is 3.56. The minimum atomic E-state index is 0.468. The highest BCUT2D eigenvalue weighted by Crippen LogP contribution is 2.24. The average molecular weight is 322 g/mol. The van der Waals surface area contributed by atoms with E-state index < -0.39 is 0 Å². The van der Waals surface area contributed by atoms with Gasteiger partial charge in [0.05, 0.1) is 11.7 Å². The molecule has 1 saturated heterocycles. The van der Waals surface area contributed by atoms with E-state index in [4.69, 9.17) is 0 Å². The summed E-state index contributed by atoms with van der Waals surface area (Å²) in [7, 11) is 0. The van der Waals surface area contributed by atoms with Crippen molar-refractivity contribution in [3.05, 3.63) is 59.9 Å². The fraction of sp³-hybridized carbons (Fsp3) is 0.389. The third-order valence-corrected chi connectivity index (χ3v) is 4.62. The van der Waals surface area contributed by atoms with Crippen molar-refractivity contribution in [2.75, 3.05) is 13.1 Å². The summed E-state index contributed by atoms with van der Waals surface area (Å²) in [5.74, 6) is 0.729. The molecule has 4 heterocycles. The number of aromatic nitrogens is 5. The molecule has 0 aliphatic carbocycles. The van der Waals surface area contributed by atoms with Gasteiger partial charge >= 0.3 is 0 Å². The second-order valence-corrected chi connectivity index (χ2v) is 6.47. The third-order valence-electron chi connectivity index (χ3n) is 4.62. The first-order chi connectivity index (χ1) is 11.7. The van der Waals surface area contributed by atoms with Gasteiger partial charge in [0.15, 0.2) is 0 Å². The molecular formula is C18H22N6. The van der Waals surface area contributed by atoms with Crippen LogP contribution in [-0.4, -0.2) is 42.3 Å². The quantitative estimate of drug-likeness (QED) is 0.741. The normalized spacial score (nSPS) is 18.3. The second-order valence-electron chi connectivity index (χ2n) is 6.47. The lowest BCUT2D eigenvalue weighted by atomic mass is 10.2.